The monoisotopic (exact) mass is 597 g/mol. The average Bonchev–Trinajstić information content (AvgIpc) is 3.12. The number of hydrogen-bond donors (Lipinski definition) is 2. The number of ether oxygens (including phenoxy) is 2. The summed E-state index contributed by atoms with van der Waals surface area (Å²) in [6.45, 7) is 5.93. The lowest BCUT2D eigenvalue weighted by Crippen LogP contribution is -2.48. The molecule has 3 aromatic rings. The third-order valence-electron chi connectivity index (χ3n) is 7.08. The van der Waals surface area contributed by atoms with Gasteiger partial charge in [-0.3, -0.25) is 4.90 Å². The standard InChI is InChI=1S/C31H33Cl2N3O5/c1-18-8-5-6-10-26(18)35-22-12-13-23(19(2)16-22)29(37)41-30(38)28(36(4)31(39)40-20(3)32)24-9-7-15-34-27-14-11-21(33)17-25(24)27/h5-6,8,10-14,16-17,20,24,28,34-35H,7,9,15H2,1-4H3. The highest BCUT2D eigenvalue weighted by molar-refractivity contribution is 6.30. The van der Waals surface area contributed by atoms with E-state index in [4.69, 9.17) is 32.7 Å². The summed E-state index contributed by atoms with van der Waals surface area (Å²) in [6, 6.07) is 17.2. The second kappa shape index (κ2) is 13.3. The highest BCUT2D eigenvalue weighted by Crippen LogP contribution is 2.38. The lowest BCUT2D eigenvalue weighted by atomic mass is 9.86. The smallest absolute Gasteiger partial charge is 0.411 e. The first-order valence-electron chi connectivity index (χ1n) is 13.3. The molecule has 0 radical (unpaired) electrons. The minimum atomic E-state index is -1.18. The van der Waals surface area contributed by atoms with Crippen LogP contribution in [-0.2, 0) is 14.3 Å². The number of carbonyl (C=O) groups is 3. The van der Waals surface area contributed by atoms with Crippen molar-refractivity contribution in [2.75, 3.05) is 24.2 Å². The van der Waals surface area contributed by atoms with Gasteiger partial charge >= 0.3 is 18.0 Å². The van der Waals surface area contributed by atoms with Crippen molar-refractivity contribution in [3.05, 3.63) is 87.9 Å². The molecule has 41 heavy (non-hydrogen) atoms. The molecule has 1 aliphatic heterocycles. The third-order valence-corrected chi connectivity index (χ3v) is 7.40. The molecule has 0 saturated heterocycles. The molecule has 1 aliphatic rings. The number of fused-ring (bicyclic) bond motifs is 1. The molecular weight excluding hydrogens is 565 g/mol. The molecule has 2 N–H and O–H groups in total. The Bertz CT molecular complexity index is 1450. The number of anilines is 3. The molecule has 3 atom stereocenters. The maximum atomic E-state index is 13.7. The number of para-hydroxylation sites is 1. The van der Waals surface area contributed by atoms with Crippen molar-refractivity contribution in [2.24, 2.45) is 0 Å². The maximum absolute atomic E-state index is 13.7. The molecular formula is C31H33Cl2N3O5. The van der Waals surface area contributed by atoms with Crippen molar-refractivity contribution in [1.29, 1.82) is 0 Å². The fourth-order valence-electron chi connectivity index (χ4n) is 5.00. The fourth-order valence-corrected chi connectivity index (χ4v) is 5.26. The van der Waals surface area contributed by atoms with Gasteiger partial charge < -0.3 is 20.1 Å². The minimum absolute atomic E-state index is 0.234. The van der Waals surface area contributed by atoms with E-state index in [9.17, 15) is 14.4 Å². The molecule has 8 nitrogen and oxygen atoms in total. The van der Waals surface area contributed by atoms with Gasteiger partial charge in [-0.2, -0.15) is 0 Å². The topological polar surface area (TPSA) is 97.0 Å². The number of hydrogen-bond acceptors (Lipinski definition) is 7. The Hall–Kier alpha value is -3.75. The number of esters is 2. The summed E-state index contributed by atoms with van der Waals surface area (Å²) < 4.78 is 10.6. The van der Waals surface area contributed by atoms with Gasteiger partial charge in [0.15, 0.2) is 5.56 Å². The molecule has 216 valence electrons. The van der Waals surface area contributed by atoms with Crippen molar-refractivity contribution in [1.82, 2.24) is 4.90 Å². The van der Waals surface area contributed by atoms with Gasteiger partial charge in [0.05, 0.1) is 5.56 Å². The summed E-state index contributed by atoms with van der Waals surface area (Å²) in [5, 5.41) is 7.16. The summed E-state index contributed by atoms with van der Waals surface area (Å²) in [5.41, 5.74) is 4.28. The predicted octanol–water partition coefficient (Wildman–Crippen LogP) is 7.40. The van der Waals surface area contributed by atoms with Crippen LogP contribution in [0.25, 0.3) is 0 Å². The number of aryl methyl sites for hydroxylation is 2. The molecule has 0 aliphatic carbocycles. The normalized spacial score (nSPS) is 15.8. The molecule has 10 heteroatoms. The van der Waals surface area contributed by atoms with Crippen LogP contribution in [-0.4, -0.2) is 48.1 Å². The van der Waals surface area contributed by atoms with Crippen LogP contribution in [0.4, 0.5) is 21.9 Å². The zero-order valence-electron chi connectivity index (χ0n) is 23.4. The molecule has 3 aromatic carbocycles. The van der Waals surface area contributed by atoms with Gasteiger partial charge in [-0.1, -0.05) is 41.4 Å². The summed E-state index contributed by atoms with van der Waals surface area (Å²) in [5.74, 6) is -2.22. The van der Waals surface area contributed by atoms with Crippen LogP contribution in [0.2, 0.25) is 5.02 Å². The Labute approximate surface area is 249 Å². The van der Waals surface area contributed by atoms with Crippen molar-refractivity contribution in [3.8, 4) is 0 Å². The Morgan fingerprint density at radius 3 is 2.51 bits per heavy atom. The van der Waals surface area contributed by atoms with Gasteiger partial charge in [0.1, 0.15) is 6.04 Å². The van der Waals surface area contributed by atoms with Crippen LogP contribution < -0.4 is 10.6 Å². The zero-order chi connectivity index (χ0) is 29.7. The van der Waals surface area contributed by atoms with E-state index >= 15 is 0 Å². The molecule has 0 saturated carbocycles. The summed E-state index contributed by atoms with van der Waals surface area (Å²) in [6.07, 6.45) is 0.420. The van der Waals surface area contributed by atoms with Gasteiger partial charge in [-0.05, 0) is 92.8 Å². The second-order valence-electron chi connectivity index (χ2n) is 10.1. The Morgan fingerprint density at radius 1 is 1.05 bits per heavy atom. The number of benzene rings is 3. The van der Waals surface area contributed by atoms with E-state index in [0.717, 1.165) is 33.1 Å². The number of likely N-dealkylation sites (N-methyl/N-ethyl adjacent to an activating group) is 1. The lowest BCUT2D eigenvalue weighted by Gasteiger charge is -2.32. The number of nitrogens with one attached hydrogen (secondary N) is 2. The predicted molar refractivity (Wildman–Crippen MR) is 161 cm³/mol. The van der Waals surface area contributed by atoms with Crippen LogP contribution in [0.1, 0.15) is 52.7 Å². The van der Waals surface area contributed by atoms with Crippen LogP contribution in [0.5, 0.6) is 0 Å². The average molecular weight is 599 g/mol. The molecule has 3 unspecified atom stereocenters. The molecule has 0 aromatic heterocycles. The maximum Gasteiger partial charge on any atom is 0.411 e. The summed E-state index contributed by atoms with van der Waals surface area (Å²) >= 11 is 12.2. The van der Waals surface area contributed by atoms with Gasteiger partial charge in [0.2, 0.25) is 0 Å². The van der Waals surface area contributed by atoms with Crippen LogP contribution in [0.3, 0.4) is 0 Å². The largest absolute Gasteiger partial charge is 0.430 e. The minimum Gasteiger partial charge on any atom is -0.430 e. The molecule has 0 bridgehead atoms. The van der Waals surface area contributed by atoms with E-state index in [1.54, 1.807) is 31.2 Å². The van der Waals surface area contributed by atoms with Crippen LogP contribution in [0.15, 0.2) is 60.7 Å². The zero-order valence-corrected chi connectivity index (χ0v) is 24.9. The Balaban J connectivity index is 1.61. The second-order valence-corrected chi connectivity index (χ2v) is 11.1. The van der Waals surface area contributed by atoms with E-state index in [1.165, 1.54) is 14.0 Å². The van der Waals surface area contributed by atoms with Crippen molar-refractivity contribution >= 4 is 58.3 Å². The third kappa shape index (κ3) is 7.31. The molecule has 0 fully saturated rings. The SMILES string of the molecule is Cc1ccccc1Nc1ccc(C(=O)OC(=O)C(C2CCCNc3ccc(Cl)cc32)N(C)C(=O)OC(C)Cl)c(C)c1. The number of alkyl halides is 1. The number of rotatable bonds is 7. The highest BCUT2D eigenvalue weighted by atomic mass is 35.5. The number of halogens is 2. The van der Waals surface area contributed by atoms with Crippen molar-refractivity contribution < 1.29 is 23.9 Å². The van der Waals surface area contributed by atoms with Crippen LogP contribution in [0, 0.1) is 13.8 Å². The van der Waals surface area contributed by atoms with Gasteiger partial charge in [0, 0.05) is 41.6 Å². The Morgan fingerprint density at radius 2 is 1.80 bits per heavy atom. The molecule has 1 heterocycles. The first-order chi connectivity index (χ1) is 19.5. The first kappa shape index (κ1) is 30.2. The van der Waals surface area contributed by atoms with E-state index in [1.807, 2.05) is 43.3 Å². The fraction of sp³-hybridized carbons (Fsp3) is 0.323. The van der Waals surface area contributed by atoms with Gasteiger partial charge in [0.25, 0.3) is 0 Å². The number of nitrogens with zero attached hydrogens (tertiary/aromatic N) is 1. The summed E-state index contributed by atoms with van der Waals surface area (Å²) in [4.78, 5) is 41.0. The quantitative estimate of drug-likeness (QED) is 0.166. The lowest BCUT2D eigenvalue weighted by molar-refractivity contribution is -0.144. The van der Waals surface area contributed by atoms with E-state index in [0.29, 0.717) is 30.0 Å². The molecule has 4 rings (SSSR count). The summed E-state index contributed by atoms with van der Waals surface area (Å²) in [7, 11) is 1.43. The molecule has 0 spiro atoms. The van der Waals surface area contributed by atoms with Crippen molar-refractivity contribution in [3.63, 3.8) is 0 Å². The first-order valence-corrected chi connectivity index (χ1v) is 14.2. The highest BCUT2D eigenvalue weighted by Gasteiger charge is 2.40. The van der Waals surface area contributed by atoms with Crippen LogP contribution >= 0.6 is 23.2 Å². The van der Waals surface area contributed by atoms with E-state index in [-0.39, 0.29) is 5.56 Å². The Kier molecular flexibility index (Phi) is 9.78. The van der Waals surface area contributed by atoms with E-state index in [2.05, 4.69) is 10.6 Å². The van der Waals surface area contributed by atoms with Gasteiger partial charge in [-0.15, -0.1) is 0 Å². The van der Waals surface area contributed by atoms with E-state index < -0.39 is 35.6 Å². The number of amides is 1. The van der Waals surface area contributed by atoms with Crippen molar-refractivity contribution in [2.45, 2.75) is 51.1 Å². The molecule has 1 amide bonds. The van der Waals surface area contributed by atoms with Gasteiger partial charge in [-0.25, -0.2) is 14.4 Å². The number of carbonyl (C=O) groups excluding carboxylic acids is 3.